The Bertz CT molecular complexity index is 286. The zero-order chi connectivity index (χ0) is 13.3. The molecular formula is C18H33N. The minimum atomic E-state index is 0.772. The first-order valence-electron chi connectivity index (χ1n) is 8.96. The Labute approximate surface area is 120 Å². The van der Waals surface area contributed by atoms with Gasteiger partial charge in [0, 0.05) is 6.04 Å². The maximum absolute atomic E-state index is 2.75. The summed E-state index contributed by atoms with van der Waals surface area (Å²) in [7, 11) is 0. The fraction of sp³-hybridized carbons (Fsp3) is 1.00. The molecule has 2 saturated carbocycles. The summed E-state index contributed by atoms with van der Waals surface area (Å²) in [4.78, 5) is 2.75. The first kappa shape index (κ1) is 13.9. The van der Waals surface area contributed by atoms with Crippen LogP contribution in [0.2, 0.25) is 0 Å². The van der Waals surface area contributed by atoms with Crippen LogP contribution in [0.1, 0.15) is 78.1 Å². The van der Waals surface area contributed by atoms with E-state index in [1.54, 1.807) is 25.7 Å². The second-order valence-corrected chi connectivity index (χ2v) is 7.89. The van der Waals surface area contributed by atoms with Crippen LogP contribution in [0, 0.1) is 17.3 Å². The highest BCUT2D eigenvalue weighted by atomic mass is 15.2. The van der Waals surface area contributed by atoms with Crippen LogP contribution >= 0.6 is 0 Å². The molecule has 0 bridgehead atoms. The van der Waals surface area contributed by atoms with Crippen molar-refractivity contribution in [3.05, 3.63) is 0 Å². The number of nitrogens with zero attached hydrogens (tertiary/aromatic N) is 1. The molecule has 2 unspecified atom stereocenters. The van der Waals surface area contributed by atoms with Crippen LogP contribution in [-0.4, -0.2) is 24.0 Å². The standard InChI is InChI=1S/C18H33N/c1-3-5-16-14-18(9-6-15(16)2)10-7-17(8-11-18)19-12-4-13-19/h15-17H,3-14H2,1-2H3. The fourth-order valence-corrected chi connectivity index (χ4v) is 5.13. The van der Waals surface area contributed by atoms with Gasteiger partial charge in [-0.1, -0.05) is 26.7 Å². The Morgan fingerprint density at radius 2 is 1.74 bits per heavy atom. The van der Waals surface area contributed by atoms with Gasteiger partial charge in [0.2, 0.25) is 0 Å². The molecule has 1 nitrogen and oxygen atoms in total. The van der Waals surface area contributed by atoms with Crippen molar-refractivity contribution in [3.63, 3.8) is 0 Å². The summed E-state index contributed by atoms with van der Waals surface area (Å²) in [5.41, 5.74) is 0.772. The summed E-state index contributed by atoms with van der Waals surface area (Å²) in [6, 6.07) is 0.961. The molecule has 1 heteroatoms. The quantitative estimate of drug-likeness (QED) is 0.703. The lowest BCUT2D eigenvalue weighted by atomic mass is 9.58. The van der Waals surface area contributed by atoms with Crippen molar-refractivity contribution in [2.45, 2.75) is 84.1 Å². The molecule has 3 fully saturated rings. The highest BCUT2D eigenvalue weighted by Gasteiger charge is 2.42. The molecule has 3 aliphatic rings. The van der Waals surface area contributed by atoms with Crippen LogP contribution in [0.3, 0.4) is 0 Å². The number of hydrogen-bond donors (Lipinski definition) is 0. The van der Waals surface area contributed by atoms with Crippen molar-refractivity contribution in [3.8, 4) is 0 Å². The maximum atomic E-state index is 2.75. The Hall–Kier alpha value is -0.0400. The molecule has 19 heavy (non-hydrogen) atoms. The molecule has 1 spiro atoms. The zero-order valence-corrected chi connectivity index (χ0v) is 13.2. The van der Waals surface area contributed by atoms with Gasteiger partial charge < -0.3 is 4.90 Å². The maximum Gasteiger partial charge on any atom is 0.00956 e. The monoisotopic (exact) mass is 263 g/mol. The minimum Gasteiger partial charge on any atom is -0.300 e. The third-order valence-corrected chi connectivity index (χ3v) is 6.71. The summed E-state index contributed by atoms with van der Waals surface area (Å²) in [5, 5.41) is 0. The van der Waals surface area contributed by atoms with Crippen molar-refractivity contribution in [2.24, 2.45) is 17.3 Å². The van der Waals surface area contributed by atoms with Crippen LogP contribution in [0.4, 0.5) is 0 Å². The van der Waals surface area contributed by atoms with E-state index in [2.05, 4.69) is 18.7 Å². The predicted molar refractivity (Wildman–Crippen MR) is 82.3 cm³/mol. The topological polar surface area (TPSA) is 3.24 Å². The predicted octanol–water partition coefficient (Wildman–Crippen LogP) is 4.86. The van der Waals surface area contributed by atoms with E-state index in [-0.39, 0.29) is 0 Å². The molecule has 110 valence electrons. The molecule has 0 aromatic rings. The van der Waals surface area contributed by atoms with Gasteiger partial charge in [0.15, 0.2) is 0 Å². The van der Waals surface area contributed by atoms with E-state index in [1.807, 2.05) is 0 Å². The Morgan fingerprint density at radius 3 is 2.32 bits per heavy atom. The molecule has 1 saturated heterocycles. The molecule has 2 atom stereocenters. The van der Waals surface area contributed by atoms with E-state index in [0.717, 1.165) is 23.3 Å². The normalized spacial score (nSPS) is 44.2. The molecule has 0 radical (unpaired) electrons. The van der Waals surface area contributed by atoms with E-state index < -0.39 is 0 Å². The van der Waals surface area contributed by atoms with Crippen LogP contribution < -0.4 is 0 Å². The molecule has 1 heterocycles. The zero-order valence-electron chi connectivity index (χ0n) is 13.2. The molecule has 0 aromatic carbocycles. The van der Waals surface area contributed by atoms with E-state index in [4.69, 9.17) is 0 Å². The third kappa shape index (κ3) is 2.86. The molecule has 3 rings (SSSR count). The minimum absolute atomic E-state index is 0.772. The Morgan fingerprint density at radius 1 is 1.05 bits per heavy atom. The SMILES string of the molecule is CCCC1CC2(CCC1C)CCC(N1CCC1)CC2. The van der Waals surface area contributed by atoms with Crippen LogP contribution in [0.5, 0.6) is 0 Å². The lowest BCUT2D eigenvalue weighted by Gasteiger charge is -2.50. The molecule has 1 aliphatic heterocycles. The van der Waals surface area contributed by atoms with E-state index >= 15 is 0 Å². The van der Waals surface area contributed by atoms with Gasteiger partial charge in [0.1, 0.15) is 0 Å². The Balaban J connectivity index is 1.55. The van der Waals surface area contributed by atoms with Gasteiger partial charge >= 0.3 is 0 Å². The van der Waals surface area contributed by atoms with Crippen molar-refractivity contribution in [1.29, 1.82) is 0 Å². The first-order chi connectivity index (χ1) is 9.22. The molecule has 0 aromatic heterocycles. The van der Waals surface area contributed by atoms with Crippen LogP contribution in [0.25, 0.3) is 0 Å². The lowest BCUT2D eigenvalue weighted by Crippen LogP contribution is -2.48. The molecule has 0 N–H and O–H groups in total. The average molecular weight is 263 g/mol. The van der Waals surface area contributed by atoms with Gasteiger partial charge in [-0.3, -0.25) is 0 Å². The second-order valence-electron chi connectivity index (χ2n) is 7.89. The van der Waals surface area contributed by atoms with Crippen molar-refractivity contribution in [2.75, 3.05) is 13.1 Å². The highest BCUT2D eigenvalue weighted by molar-refractivity contribution is 4.95. The van der Waals surface area contributed by atoms with E-state index in [1.165, 1.54) is 51.6 Å². The second kappa shape index (κ2) is 5.76. The largest absolute Gasteiger partial charge is 0.300 e. The lowest BCUT2D eigenvalue weighted by molar-refractivity contribution is 0.00515. The van der Waals surface area contributed by atoms with Crippen LogP contribution in [-0.2, 0) is 0 Å². The smallest absolute Gasteiger partial charge is 0.00956 e. The summed E-state index contributed by atoms with van der Waals surface area (Å²) in [6.07, 6.45) is 15.1. The molecular weight excluding hydrogens is 230 g/mol. The van der Waals surface area contributed by atoms with E-state index in [9.17, 15) is 0 Å². The summed E-state index contributed by atoms with van der Waals surface area (Å²) in [5.74, 6) is 2.04. The fourth-order valence-electron chi connectivity index (χ4n) is 5.13. The van der Waals surface area contributed by atoms with E-state index in [0.29, 0.717) is 0 Å². The van der Waals surface area contributed by atoms with Gasteiger partial charge in [0.05, 0.1) is 0 Å². The van der Waals surface area contributed by atoms with Gasteiger partial charge in [-0.15, -0.1) is 0 Å². The summed E-state index contributed by atoms with van der Waals surface area (Å²) >= 11 is 0. The van der Waals surface area contributed by atoms with Crippen molar-refractivity contribution in [1.82, 2.24) is 4.90 Å². The number of rotatable bonds is 3. The van der Waals surface area contributed by atoms with Gasteiger partial charge in [0.25, 0.3) is 0 Å². The van der Waals surface area contributed by atoms with Gasteiger partial charge in [-0.05, 0) is 81.7 Å². The summed E-state index contributed by atoms with van der Waals surface area (Å²) in [6.45, 7) is 7.67. The molecule has 2 aliphatic carbocycles. The first-order valence-corrected chi connectivity index (χ1v) is 8.96. The summed E-state index contributed by atoms with van der Waals surface area (Å²) < 4.78 is 0. The van der Waals surface area contributed by atoms with Gasteiger partial charge in [-0.2, -0.15) is 0 Å². The molecule has 0 amide bonds. The average Bonchev–Trinajstić information content (AvgIpc) is 2.35. The van der Waals surface area contributed by atoms with Gasteiger partial charge in [-0.25, -0.2) is 0 Å². The Kier molecular flexibility index (Phi) is 4.22. The van der Waals surface area contributed by atoms with Crippen molar-refractivity contribution >= 4 is 0 Å². The number of hydrogen-bond acceptors (Lipinski definition) is 1. The third-order valence-electron chi connectivity index (χ3n) is 6.71. The van der Waals surface area contributed by atoms with Crippen LogP contribution in [0.15, 0.2) is 0 Å². The number of likely N-dealkylation sites (tertiary alicyclic amines) is 1. The van der Waals surface area contributed by atoms with Crippen molar-refractivity contribution < 1.29 is 0 Å². The highest BCUT2D eigenvalue weighted by Crippen LogP contribution is 2.52.